The van der Waals surface area contributed by atoms with Crippen LogP contribution in [0.15, 0.2) is 12.4 Å². The van der Waals surface area contributed by atoms with Crippen LogP contribution in [0.25, 0.3) is 0 Å². The van der Waals surface area contributed by atoms with Gasteiger partial charge >= 0.3 is 5.97 Å². The molecule has 0 amide bonds. The lowest BCUT2D eigenvalue weighted by atomic mass is 10.3. The van der Waals surface area contributed by atoms with Gasteiger partial charge in [-0.05, 0) is 12.5 Å². The molecule has 1 atom stereocenters. The minimum Gasteiger partial charge on any atom is -0.468 e. The second-order valence-electron chi connectivity index (χ2n) is 2.87. The highest BCUT2D eigenvalue weighted by Gasteiger charge is 2.14. The summed E-state index contributed by atoms with van der Waals surface area (Å²) in [5.74, 6) is -0.423. The number of methoxy groups -OCH3 is 1. The SMILES string of the molecule is COC(=O)C(N)Cn1cc(C)cn1.Cl.Cl. The van der Waals surface area contributed by atoms with Gasteiger partial charge < -0.3 is 10.5 Å². The molecule has 1 rings (SSSR count). The lowest BCUT2D eigenvalue weighted by Gasteiger charge is -2.08. The number of halogens is 2. The van der Waals surface area contributed by atoms with E-state index in [1.165, 1.54) is 7.11 Å². The molecule has 0 aromatic carbocycles. The highest BCUT2D eigenvalue weighted by molar-refractivity contribution is 5.85. The van der Waals surface area contributed by atoms with Crippen molar-refractivity contribution in [1.29, 1.82) is 0 Å². The third kappa shape index (κ3) is 5.01. The smallest absolute Gasteiger partial charge is 0.324 e. The van der Waals surface area contributed by atoms with E-state index in [2.05, 4.69) is 9.84 Å². The summed E-state index contributed by atoms with van der Waals surface area (Å²) in [5, 5.41) is 4.00. The van der Waals surface area contributed by atoms with Crippen LogP contribution in [0.1, 0.15) is 5.56 Å². The van der Waals surface area contributed by atoms with E-state index < -0.39 is 12.0 Å². The zero-order valence-corrected chi connectivity index (χ0v) is 10.2. The van der Waals surface area contributed by atoms with Crippen molar-refractivity contribution in [2.75, 3.05) is 7.11 Å². The fraction of sp³-hybridized carbons (Fsp3) is 0.500. The standard InChI is InChI=1S/C8H13N3O2.2ClH/c1-6-3-10-11(4-6)5-7(9)8(12)13-2;;/h3-4,7H,5,9H2,1-2H3;2*1H. The van der Waals surface area contributed by atoms with E-state index in [1.54, 1.807) is 10.9 Å². The van der Waals surface area contributed by atoms with Gasteiger partial charge in [-0.1, -0.05) is 0 Å². The highest BCUT2D eigenvalue weighted by Crippen LogP contribution is 1.96. The molecule has 0 bridgehead atoms. The Kier molecular flexibility index (Phi) is 8.33. The molecule has 0 aliphatic heterocycles. The molecule has 7 heteroatoms. The molecule has 1 aromatic heterocycles. The lowest BCUT2D eigenvalue weighted by molar-refractivity contribution is -0.142. The first kappa shape index (κ1) is 16.6. The van der Waals surface area contributed by atoms with E-state index in [1.807, 2.05) is 13.1 Å². The Labute approximate surface area is 101 Å². The van der Waals surface area contributed by atoms with Crippen LogP contribution in [0.2, 0.25) is 0 Å². The molecule has 1 unspecified atom stereocenters. The fourth-order valence-electron chi connectivity index (χ4n) is 0.994. The van der Waals surface area contributed by atoms with Crippen molar-refractivity contribution in [3.8, 4) is 0 Å². The molecule has 0 aliphatic rings. The topological polar surface area (TPSA) is 70.1 Å². The molecule has 0 fully saturated rings. The summed E-state index contributed by atoms with van der Waals surface area (Å²) in [7, 11) is 1.32. The number of esters is 1. The number of aryl methyl sites for hydroxylation is 1. The van der Waals surface area contributed by atoms with Gasteiger partial charge in [-0.3, -0.25) is 9.48 Å². The van der Waals surface area contributed by atoms with E-state index in [0.29, 0.717) is 6.54 Å². The number of nitrogens with zero attached hydrogens (tertiary/aromatic N) is 2. The van der Waals surface area contributed by atoms with Crippen LogP contribution in [0.3, 0.4) is 0 Å². The van der Waals surface area contributed by atoms with Gasteiger partial charge in [0.15, 0.2) is 0 Å². The van der Waals surface area contributed by atoms with E-state index in [9.17, 15) is 4.79 Å². The molecule has 1 aromatic rings. The molecular weight excluding hydrogens is 241 g/mol. The summed E-state index contributed by atoms with van der Waals surface area (Å²) < 4.78 is 6.11. The second-order valence-corrected chi connectivity index (χ2v) is 2.87. The molecule has 0 aliphatic carbocycles. The maximum Gasteiger partial charge on any atom is 0.324 e. The molecule has 0 radical (unpaired) electrons. The number of rotatable bonds is 3. The molecular formula is C8H15Cl2N3O2. The first-order valence-electron chi connectivity index (χ1n) is 3.96. The predicted octanol–water partition coefficient (Wildman–Crippen LogP) is 0.535. The highest BCUT2D eigenvalue weighted by atomic mass is 35.5. The van der Waals surface area contributed by atoms with Crippen molar-refractivity contribution in [3.63, 3.8) is 0 Å². The van der Waals surface area contributed by atoms with Crippen LogP contribution >= 0.6 is 24.8 Å². The monoisotopic (exact) mass is 255 g/mol. The zero-order chi connectivity index (χ0) is 9.84. The first-order valence-corrected chi connectivity index (χ1v) is 3.96. The summed E-state index contributed by atoms with van der Waals surface area (Å²) in [6.45, 7) is 2.27. The number of nitrogens with two attached hydrogens (primary N) is 1. The Morgan fingerprint density at radius 1 is 1.67 bits per heavy atom. The van der Waals surface area contributed by atoms with Gasteiger partial charge in [0.25, 0.3) is 0 Å². The zero-order valence-electron chi connectivity index (χ0n) is 8.54. The van der Waals surface area contributed by atoms with E-state index in [0.717, 1.165) is 5.56 Å². The second kappa shape index (κ2) is 7.50. The van der Waals surface area contributed by atoms with Gasteiger partial charge in [-0.15, -0.1) is 24.8 Å². The van der Waals surface area contributed by atoms with Crippen LogP contribution in [-0.2, 0) is 16.1 Å². The van der Waals surface area contributed by atoms with Crippen LogP contribution in [-0.4, -0.2) is 28.9 Å². The Morgan fingerprint density at radius 3 is 2.67 bits per heavy atom. The molecule has 2 N–H and O–H groups in total. The van der Waals surface area contributed by atoms with E-state index in [4.69, 9.17) is 5.73 Å². The number of hydrogen-bond acceptors (Lipinski definition) is 4. The van der Waals surface area contributed by atoms with E-state index in [-0.39, 0.29) is 24.8 Å². The van der Waals surface area contributed by atoms with Gasteiger partial charge in [0.05, 0.1) is 19.9 Å². The Bertz CT molecular complexity index is 304. The molecule has 88 valence electrons. The minimum absolute atomic E-state index is 0. The Morgan fingerprint density at radius 2 is 2.27 bits per heavy atom. The Hall–Kier alpha value is -0.780. The van der Waals surface area contributed by atoms with Crippen molar-refractivity contribution in [2.24, 2.45) is 5.73 Å². The van der Waals surface area contributed by atoms with Crippen LogP contribution in [0.4, 0.5) is 0 Å². The van der Waals surface area contributed by atoms with E-state index >= 15 is 0 Å². The third-order valence-corrected chi connectivity index (χ3v) is 1.65. The molecule has 1 heterocycles. The normalized spacial score (nSPS) is 10.9. The maximum absolute atomic E-state index is 10.9. The van der Waals surface area contributed by atoms with Crippen molar-refractivity contribution < 1.29 is 9.53 Å². The minimum atomic E-state index is -0.649. The summed E-state index contributed by atoms with van der Waals surface area (Å²) in [5.41, 5.74) is 6.57. The quantitative estimate of drug-likeness (QED) is 0.801. The molecule has 0 saturated carbocycles. The summed E-state index contributed by atoms with van der Waals surface area (Å²) in [4.78, 5) is 10.9. The van der Waals surface area contributed by atoms with Gasteiger partial charge in [-0.25, -0.2) is 0 Å². The number of ether oxygens (including phenoxy) is 1. The summed E-state index contributed by atoms with van der Waals surface area (Å²) in [6, 6.07) is -0.649. The number of carbonyl (C=O) groups is 1. The van der Waals surface area contributed by atoms with Gasteiger partial charge in [0.2, 0.25) is 0 Å². The van der Waals surface area contributed by atoms with Gasteiger partial charge in [-0.2, -0.15) is 5.10 Å². The van der Waals surface area contributed by atoms with Crippen molar-refractivity contribution in [2.45, 2.75) is 19.5 Å². The predicted molar refractivity (Wildman–Crippen MR) is 61.5 cm³/mol. The van der Waals surface area contributed by atoms with Crippen molar-refractivity contribution in [1.82, 2.24) is 9.78 Å². The van der Waals surface area contributed by atoms with Crippen LogP contribution in [0, 0.1) is 6.92 Å². The largest absolute Gasteiger partial charge is 0.468 e. The number of aromatic nitrogens is 2. The van der Waals surface area contributed by atoms with Crippen molar-refractivity contribution in [3.05, 3.63) is 18.0 Å². The average Bonchev–Trinajstić information content (AvgIpc) is 2.49. The maximum atomic E-state index is 10.9. The first-order chi connectivity index (χ1) is 6.13. The lowest BCUT2D eigenvalue weighted by Crippen LogP contribution is -2.35. The number of carbonyl (C=O) groups excluding carboxylic acids is 1. The Balaban J connectivity index is 0. The summed E-state index contributed by atoms with van der Waals surface area (Å²) in [6.07, 6.45) is 3.53. The molecule has 0 spiro atoms. The molecule has 5 nitrogen and oxygen atoms in total. The van der Waals surface area contributed by atoms with Crippen LogP contribution in [0.5, 0.6) is 0 Å². The third-order valence-electron chi connectivity index (χ3n) is 1.65. The van der Waals surface area contributed by atoms with Crippen molar-refractivity contribution >= 4 is 30.8 Å². The molecule has 15 heavy (non-hydrogen) atoms. The molecule has 0 saturated heterocycles. The summed E-state index contributed by atoms with van der Waals surface area (Å²) >= 11 is 0. The average molecular weight is 256 g/mol. The number of hydrogen-bond donors (Lipinski definition) is 1. The fourth-order valence-corrected chi connectivity index (χ4v) is 0.994. The van der Waals surface area contributed by atoms with Crippen LogP contribution < -0.4 is 5.73 Å². The van der Waals surface area contributed by atoms with Gasteiger partial charge in [0.1, 0.15) is 6.04 Å². The van der Waals surface area contributed by atoms with Gasteiger partial charge in [0, 0.05) is 6.20 Å².